The Hall–Kier alpha value is -1.17. The van der Waals surface area contributed by atoms with Crippen LogP contribution in [0.2, 0.25) is 5.02 Å². The van der Waals surface area contributed by atoms with Gasteiger partial charge in [0.2, 0.25) is 5.91 Å². The van der Waals surface area contributed by atoms with E-state index in [9.17, 15) is 9.18 Å². The van der Waals surface area contributed by atoms with Crippen molar-refractivity contribution in [1.82, 2.24) is 10.2 Å². The van der Waals surface area contributed by atoms with Gasteiger partial charge in [0.05, 0.1) is 6.04 Å². The molecule has 0 radical (unpaired) electrons. The van der Waals surface area contributed by atoms with Gasteiger partial charge in [-0.25, -0.2) is 4.39 Å². The number of nitrogens with zero attached hydrogens (tertiary/aromatic N) is 1. The number of likely N-dealkylation sites (tertiary alicyclic amines) is 1. The molecule has 1 aliphatic heterocycles. The monoisotopic (exact) mass is 367 g/mol. The van der Waals surface area contributed by atoms with E-state index in [4.69, 9.17) is 17.3 Å². The topological polar surface area (TPSA) is 58.4 Å². The van der Waals surface area contributed by atoms with Crippen LogP contribution in [0, 0.1) is 17.7 Å². The van der Waals surface area contributed by atoms with Crippen molar-refractivity contribution in [2.75, 3.05) is 26.2 Å². The first-order valence-corrected chi connectivity index (χ1v) is 9.65. The first-order valence-electron chi connectivity index (χ1n) is 9.27. The molecule has 0 aromatic heterocycles. The van der Waals surface area contributed by atoms with E-state index in [1.54, 1.807) is 12.1 Å². The van der Waals surface area contributed by atoms with Crippen molar-refractivity contribution in [1.29, 1.82) is 0 Å². The second-order valence-corrected chi connectivity index (χ2v) is 7.58. The van der Waals surface area contributed by atoms with E-state index < -0.39 is 0 Å². The van der Waals surface area contributed by atoms with Crippen LogP contribution in [0.4, 0.5) is 4.39 Å². The number of halogens is 2. The number of nitrogens with one attached hydrogen (secondary N) is 1. The number of carbonyl (C=O) groups is 1. The fraction of sp³-hybridized carbons (Fsp3) is 0.632. The van der Waals surface area contributed by atoms with Gasteiger partial charge in [0.25, 0.3) is 0 Å². The van der Waals surface area contributed by atoms with Crippen molar-refractivity contribution in [2.24, 2.45) is 17.6 Å². The van der Waals surface area contributed by atoms with Crippen LogP contribution >= 0.6 is 11.6 Å². The van der Waals surface area contributed by atoms with Crippen LogP contribution in [0.25, 0.3) is 0 Å². The highest BCUT2D eigenvalue weighted by atomic mass is 35.5. The molecular weight excluding hydrogens is 341 g/mol. The lowest BCUT2D eigenvalue weighted by molar-refractivity contribution is -0.126. The lowest BCUT2D eigenvalue weighted by Crippen LogP contribution is -2.41. The average Bonchev–Trinajstić information content (AvgIpc) is 3.28. The number of rotatable bonds is 6. The molecule has 3 atom stereocenters. The molecule has 1 aromatic carbocycles. The van der Waals surface area contributed by atoms with E-state index in [0.717, 1.165) is 45.2 Å². The van der Waals surface area contributed by atoms with Crippen LogP contribution in [0.3, 0.4) is 0 Å². The molecule has 2 aliphatic rings. The van der Waals surface area contributed by atoms with Gasteiger partial charge in [-0.1, -0.05) is 24.1 Å². The first kappa shape index (κ1) is 18.6. The predicted molar refractivity (Wildman–Crippen MR) is 97.9 cm³/mol. The van der Waals surface area contributed by atoms with Crippen LogP contribution in [0.15, 0.2) is 18.2 Å². The Morgan fingerprint density at radius 3 is 2.76 bits per heavy atom. The maximum absolute atomic E-state index is 14.5. The largest absolute Gasteiger partial charge is 0.354 e. The molecule has 1 aromatic rings. The Kier molecular flexibility index (Phi) is 6.31. The van der Waals surface area contributed by atoms with Gasteiger partial charge in [0, 0.05) is 23.0 Å². The highest BCUT2D eigenvalue weighted by Crippen LogP contribution is 2.33. The van der Waals surface area contributed by atoms with Gasteiger partial charge < -0.3 is 11.1 Å². The fourth-order valence-electron chi connectivity index (χ4n) is 4.29. The Balaban J connectivity index is 1.73. The molecule has 1 saturated heterocycles. The van der Waals surface area contributed by atoms with Crippen LogP contribution in [-0.2, 0) is 4.79 Å². The summed E-state index contributed by atoms with van der Waals surface area (Å²) in [5.41, 5.74) is 6.29. The van der Waals surface area contributed by atoms with Gasteiger partial charge in [0.15, 0.2) is 0 Å². The number of hydrogen-bond donors (Lipinski definition) is 2. The molecule has 25 heavy (non-hydrogen) atoms. The molecule has 4 nitrogen and oxygen atoms in total. The maximum atomic E-state index is 14.5. The summed E-state index contributed by atoms with van der Waals surface area (Å²) in [4.78, 5) is 14.8. The Labute approximate surface area is 153 Å². The van der Waals surface area contributed by atoms with E-state index in [0.29, 0.717) is 23.7 Å². The molecule has 1 unspecified atom stereocenters. The van der Waals surface area contributed by atoms with Crippen molar-refractivity contribution >= 4 is 17.5 Å². The van der Waals surface area contributed by atoms with E-state index in [2.05, 4.69) is 10.2 Å². The fourth-order valence-corrected chi connectivity index (χ4v) is 4.58. The summed E-state index contributed by atoms with van der Waals surface area (Å²) in [5.74, 6) is -0.00781. The molecule has 1 amide bonds. The summed E-state index contributed by atoms with van der Waals surface area (Å²) < 4.78 is 14.5. The van der Waals surface area contributed by atoms with Gasteiger partial charge in [-0.2, -0.15) is 0 Å². The minimum atomic E-state index is -0.306. The van der Waals surface area contributed by atoms with E-state index >= 15 is 0 Å². The third kappa shape index (κ3) is 4.15. The maximum Gasteiger partial charge on any atom is 0.223 e. The van der Waals surface area contributed by atoms with Crippen LogP contribution in [0.5, 0.6) is 0 Å². The van der Waals surface area contributed by atoms with Crippen molar-refractivity contribution in [2.45, 2.75) is 38.1 Å². The van der Waals surface area contributed by atoms with Crippen LogP contribution in [-0.4, -0.2) is 37.0 Å². The summed E-state index contributed by atoms with van der Waals surface area (Å²) in [7, 11) is 0. The lowest BCUT2D eigenvalue weighted by atomic mass is 9.95. The van der Waals surface area contributed by atoms with E-state index in [-0.39, 0.29) is 29.6 Å². The predicted octanol–water partition coefficient (Wildman–Crippen LogP) is 3.11. The normalized spacial score (nSPS) is 25.2. The van der Waals surface area contributed by atoms with Crippen molar-refractivity contribution in [3.8, 4) is 0 Å². The Morgan fingerprint density at radius 1 is 1.32 bits per heavy atom. The number of benzene rings is 1. The average molecular weight is 368 g/mol. The molecule has 0 spiro atoms. The Bertz CT molecular complexity index is 586. The standard InChI is InChI=1S/C19H27ClFN3O/c20-15-7-4-8-16(21)18(15)17(24-9-1-2-10-24)12-23-19(25)14-6-3-5-13(14)11-22/h4,7-8,13-14,17H,1-3,5-6,9-12,22H2,(H,23,25)/t13-,14-,17?/m1/s1. The molecule has 1 heterocycles. The molecule has 3 rings (SSSR count). The summed E-state index contributed by atoms with van der Waals surface area (Å²) in [6, 6.07) is 4.54. The van der Waals surface area contributed by atoms with Crippen molar-refractivity contribution in [3.63, 3.8) is 0 Å². The molecule has 1 aliphatic carbocycles. The molecule has 2 fully saturated rings. The summed E-state index contributed by atoms with van der Waals surface area (Å²) in [5, 5.41) is 3.48. The number of amides is 1. The highest BCUT2D eigenvalue weighted by Gasteiger charge is 2.33. The van der Waals surface area contributed by atoms with Gasteiger partial charge >= 0.3 is 0 Å². The van der Waals surface area contributed by atoms with Gasteiger partial charge in [-0.15, -0.1) is 0 Å². The zero-order valence-corrected chi connectivity index (χ0v) is 15.3. The molecule has 6 heteroatoms. The van der Waals surface area contributed by atoms with Gasteiger partial charge in [0.1, 0.15) is 5.82 Å². The smallest absolute Gasteiger partial charge is 0.223 e. The van der Waals surface area contributed by atoms with Crippen molar-refractivity contribution < 1.29 is 9.18 Å². The number of hydrogen-bond acceptors (Lipinski definition) is 3. The van der Waals surface area contributed by atoms with Crippen LogP contribution in [0.1, 0.15) is 43.7 Å². The third-order valence-electron chi connectivity index (χ3n) is 5.68. The van der Waals surface area contributed by atoms with Gasteiger partial charge in [-0.05, 0) is 63.4 Å². The number of carbonyl (C=O) groups excluding carboxylic acids is 1. The molecular formula is C19H27ClFN3O. The third-order valence-corrected chi connectivity index (χ3v) is 6.01. The zero-order chi connectivity index (χ0) is 17.8. The van der Waals surface area contributed by atoms with E-state index in [1.807, 2.05) is 0 Å². The van der Waals surface area contributed by atoms with Crippen LogP contribution < -0.4 is 11.1 Å². The summed E-state index contributed by atoms with van der Waals surface area (Å²) >= 11 is 6.29. The summed E-state index contributed by atoms with van der Waals surface area (Å²) in [6.07, 6.45) is 5.14. The molecule has 138 valence electrons. The number of nitrogens with two attached hydrogens (primary N) is 1. The molecule has 0 bridgehead atoms. The van der Waals surface area contributed by atoms with Gasteiger partial charge in [-0.3, -0.25) is 9.69 Å². The quantitative estimate of drug-likeness (QED) is 0.812. The Morgan fingerprint density at radius 2 is 2.08 bits per heavy atom. The zero-order valence-electron chi connectivity index (χ0n) is 14.5. The second-order valence-electron chi connectivity index (χ2n) is 7.17. The van der Waals surface area contributed by atoms with E-state index in [1.165, 1.54) is 6.07 Å². The molecule has 1 saturated carbocycles. The first-order chi connectivity index (χ1) is 12.1. The SMILES string of the molecule is NC[C@H]1CCC[C@H]1C(=O)NCC(c1c(F)cccc1Cl)N1CCCC1. The summed E-state index contributed by atoms with van der Waals surface area (Å²) in [6.45, 7) is 2.74. The minimum absolute atomic E-state index is 0.0136. The minimum Gasteiger partial charge on any atom is -0.354 e. The van der Waals surface area contributed by atoms with Crippen molar-refractivity contribution in [3.05, 3.63) is 34.6 Å². The second kappa shape index (κ2) is 8.47. The lowest BCUT2D eigenvalue weighted by Gasteiger charge is -2.30. The molecule has 3 N–H and O–H groups in total. The highest BCUT2D eigenvalue weighted by molar-refractivity contribution is 6.31.